The Kier molecular flexibility index (Phi) is 5.49. The number of nitrogens with zero attached hydrogens (tertiary/aromatic N) is 2. The summed E-state index contributed by atoms with van der Waals surface area (Å²) in [4.78, 5) is 20.1. The minimum Gasteiger partial charge on any atom is -0.497 e. The fraction of sp³-hybridized carbons (Fsp3) is 0.273. The zero-order valence-corrected chi connectivity index (χ0v) is 17.4. The topological polar surface area (TPSA) is 60.4 Å². The highest BCUT2D eigenvalue weighted by Crippen LogP contribution is 2.38. The third-order valence-corrected chi connectivity index (χ3v) is 5.35. The van der Waals surface area contributed by atoms with Gasteiger partial charge in [0.05, 0.1) is 17.7 Å². The van der Waals surface area contributed by atoms with Crippen LogP contribution in [0.15, 0.2) is 52.4 Å². The zero-order valence-electron chi connectivity index (χ0n) is 16.5. The molecule has 7 heteroatoms. The summed E-state index contributed by atoms with van der Waals surface area (Å²) in [6.07, 6.45) is 1.87. The molecular formula is C22H22N2O4S. The number of amides is 1. The molecule has 6 nitrogen and oxygen atoms in total. The Hall–Kier alpha value is -2.93. The summed E-state index contributed by atoms with van der Waals surface area (Å²) >= 11 is 1.38. The maximum Gasteiger partial charge on any atom is 0.271 e. The first-order valence-electron chi connectivity index (χ1n) is 9.40. The number of hydrogen-bond acceptors (Lipinski definition) is 6. The fourth-order valence-corrected chi connectivity index (χ4v) is 4.15. The van der Waals surface area contributed by atoms with Crippen LogP contribution in [0.3, 0.4) is 0 Å². The molecule has 150 valence electrons. The Morgan fingerprint density at radius 1 is 1.10 bits per heavy atom. The van der Waals surface area contributed by atoms with Gasteiger partial charge in [0, 0.05) is 6.04 Å². The quantitative estimate of drug-likeness (QED) is 0.702. The second kappa shape index (κ2) is 8.21. The molecule has 0 unspecified atom stereocenters. The van der Waals surface area contributed by atoms with Crippen molar-refractivity contribution in [1.82, 2.24) is 0 Å². The van der Waals surface area contributed by atoms with Crippen molar-refractivity contribution in [2.45, 2.75) is 19.9 Å². The molecule has 4 rings (SSSR count). The molecule has 0 radical (unpaired) electrons. The predicted molar refractivity (Wildman–Crippen MR) is 116 cm³/mol. The lowest BCUT2D eigenvalue weighted by Crippen LogP contribution is -2.29. The summed E-state index contributed by atoms with van der Waals surface area (Å²) in [5.74, 6) is 2.06. The smallest absolute Gasteiger partial charge is 0.271 e. The largest absolute Gasteiger partial charge is 0.497 e. The van der Waals surface area contributed by atoms with Gasteiger partial charge in [0.25, 0.3) is 5.91 Å². The third-order valence-electron chi connectivity index (χ3n) is 4.37. The average molecular weight is 410 g/mol. The van der Waals surface area contributed by atoms with Gasteiger partial charge in [-0.25, -0.2) is 0 Å². The first kappa shape index (κ1) is 19.4. The van der Waals surface area contributed by atoms with Crippen molar-refractivity contribution in [3.63, 3.8) is 0 Å². The molecular weight excluding hydrogens is 388 g/mol. The van der Waals surface area contributed by atoms with E-state index in [1.54, 1.807) is 12.0 Å². The molecule has 2 aromatic carbocycles. The number of ether oxygens (including phenoxy) is 3. The Labute approximate surface area is 174 Å². The summed E-state index contributed by atoms with van der Waals surface area (Å²) in [5, 5.41) is 0.666. The molecule has 1 fully saturated rings. The highest BCUT2D eigenvalue weighted by molar-refractivity contribution is 8.19. The Morgan fingerprint density at radius 3 is 2.52 bits per heavy atom. The van der Waals surface area contributed by atoms with Gasteiger partial charge < -0.3 is 14.2 Å². The van der Waals surface area contributed by atoms with E-state index < -0.39 is 0 Å². The number of amidine groups is 1. The predicted octanol–water partition coefficient (Wildman–Crippen LogP) is 4.35. The molecule has 1 saturated heterocycles. The van der Waals surface area contributed by atoms with Crippen molar-refractivity contribution >= 4 is 34.6 Å². The van der Waals surface area contributed by atoms with Gasteiger partial charge in [-0.15, -0.1) is 0 Å². The molecule has 2 heterocycles. The van der Waals surface area contributed by atoms with Crippen molar-refractivity contribution in [3.8, 4) is 17.2 Å². The minimum absolute atomic E-state index is 0.0692. The Balaban J connectivity index is 1.68. The summed E-state index contributed by atoms with van der Waals surface area (Å²) in [6.45, 7) is 5.06. The van der Waals surface area contributed by atoms with Gasteiger partial charge in [-0.3, -0.25) is 14.7 Å². The molecule has 0 aliphatic carbocycles. The minimum atomic E-state index is -0.102. The van der Waals surface area contributed by atoms with Crippen LogP contribution in [0.2, 0.25) is 0 Å². The lowest BCUT2D eigenvalue weighted by Gasteiger charge is -2.18. The fourth-order valence-electron chi connectivity index (χ4n) is 3.04. The van der Waals surface area contributed by atoms with Gasteiger partial charge in [-0.1, -0.05) is 6.07 Å². The standard InChI is InChI=1S/C22H22N2O4S/c1-14(2)23-22-24(16-5-7-17(26-3)8-6-16)21(25)20(29-22)13-15-4-9-18-19(12-15)28-11-10-27-18/h4-9,12-14H,10-11H2,1-3H3/b20-13-,23-22-. The summed E-state index contributed by atoms with van der Waals surface area (Å²) in [7, 11) is 1.62. The van der Waals surface area contributed by atoms with Crippen LogP contribution in [-0.4, -0.2) is 37.4 Å². The van der Waals surface area contributed by atoms with Gasteiger partial charge in [0.1, 0.15) is 19.0 Å². The number of thioether (sulfide) groups is 1. The number of carbonyl (C=O) groups excluding carboxylic acids is 1. The highest BCUT2D eigenvalue weighted by Gasteiger charge is 2.34. The lowest BCUT2D eigenvalue weighted by atomic mass is 10.1. The number of anilines is 1. The number of methoxy groups -OCH3 is 1. The normalized spacial score (nSPS) is 18.8. The molecule has 0 saturated carbocycles. The van der Waals surface area contributed by atoms with Crippen molar-refractivity contribution in [2.24, 2.45) is 4.99 Å². The van der Waals surface area contributed by atoms with Gasteiger partial charge >= 0.3 is 0 Å². The molecule has 0 aromatic heterocycles. The Morgan fingerprint density at radius 2 is 1.83 bits per heavy atom. The van der Waals surface area contributed by atoms with E-state index in [0.29, 0.717) is 29.0 Å². The van der Waals surface area contributed by atoms with E-state index in [4.69, 9.17) is 14.2 Å². The second-order valence-corrected chi connectivity index (χ2v) is 7.87. The second-order valence-electron chi connectivity index (χ2n) is 6.86. The first-order valence-corrected chi connectivity index (χ1v) is 10.2. The van der Waals surface area contributed by atoms with E-state index in [9.17, 15) is 4.79 Å². The van der Waals surface area contributed by atoms with Crippen LogP contribution in [0.1, 0.15) is 19.4 Å². The monoisotopic (exact) mass is 410 g/mol. The van der Waals surface area contributed by atoms with Crippen LogP contribution in [0.25, 0.3) is 6.08 Å². The number of carbonyl (C=O) groups is 1. The van der Waals surface area contributed by atoms with Gasteiger partial charge in [-0.05, 0) is 73.6 Å². The molecule has 1 amide bonds. The molecule has 0 N–H and O–H groups in total. The number of benzene rings is 2. The van der Waals surface area contributed by atoms with E-state index in [-0.39, 0.29) is 11.9 Å². The van der Waals surface area contributed by atoms with Gasteiger partial charge in [0.2, 0.25) is 0 Å². The van der Waals surface area contributed by atoms with Crippen LogP contribution in [-0.2, 0) is 4.79 Å². The van der Waals surface area contributed by atoms with E-state index in [2.05, 4.69) is 4.99 Å². The van der Waals surface area contributed by atoms with Crippen LogP contribution in [0.5, 0.6) is 17.2 Å². The van der Waals surface area contributed by atoms with Crippen molar-refractivity contribution in [2.75, 3.05) is 25.2 Å². The molecule has 2 aromatic rings. The molecule has 29 heavy (non-hydrogen) atoms. The zero-order chi connectivity index (χ0) is 20.4. The van der Waals surface area contributed by atoms with E-state index in [1.165, 1.54) is 11.8 Å². The lowest BCUT2D eigenvalue weighted by molar-refractivity contribution is -0.113. The SMILES string of the molecule is COc1ccc(N2C(=O)/C(=C/c3ccc4c(c3)OCCO4)S/C2=N\C(C)C)cc1. The molecule has 0 atom stereocenters. The summed E-state index contributed by atoms with van der Waals surface area (Å²) in [6, 6.07) is 13.1. The van der Waals surface area contributed by atoms with Crippen molar-refractivity contribution in [3.05, 3.63) is 52.9 Å². The third kappa shape index (κ3) is 4.10. The summed E-state index contributed by atoms with van der Waals surface area (Å²) in [5.41, 5.74) is 1.64. The van der Waals surface area contributed by atoms with E-state index in [0.717, 1.165) is 22.7 Å². The molecule has 0 bridgehead atoms. The van der Waals surface area contributed by atoms with E-state index in [1.807, 2.05) is 62.4 Å². The van der Waals surface area contributed by atoms with E-state index >= 15 is 0 Å². The molecule has 2 aliphatic rings. The van der Waals surface area contributed by atoms with Crippen molar-refractivity contribution in [1.29, 1.82) is 0 Å². The maximum absolute atomic E-state index is 13.2. The molecule has 2 aliphatic heterocycles. The van der Waals surface area contributed by atoms with Crippen LogP contribution in [0.4, 0.5) is 5.69 Å². The molecule has 0 spiro atoms. The number of hydrogen-bond donors (Lipinski definition) is 0. The average Bonchev–Trinajstić information content (AvgIpc) is 3.02. The number of fused-ring (bicyclic) bond motifs is 1. The number of rotatable bonds is 4. The van der Waals surface area contributed by atoms with Crippen LogP contribution in [0, 0.1) is 0 Å². The summed E-state index contributed by atoms with van der Waals surface area (Å²) < 4.78 is 16.4. The van der Waals surface area contributed by atoms with Gasteiger partial charge in [-0.2, -0.15) is 0 Å². The maximum atomic E-state index is 13.2. The highest BCUT2D eigenvalue weighted by atomic mass is 32.2. The van der Waals surface area contributed by atoms with Gasteiger partial charge in [0.15, 0.2) is 16.7 Å². The van der Waals surface area contributed by atoms with Crippen LogP contribution >= 0.6 is 11.8 Å². The Bertz CT molecular complexity index is 983. The number of aliphatic imine (C=N–C) groups is 1. The first-order chi connectivity index (χ1) is 14.0. The van der Waals surface area contributed by atoms with Crippen molar-refractivity contribution < 1.29 is 19.0 Å². The van der Waals surface area contributed by atoms with Crippen LogP contribution < -0.4 is 19.1 Å².